The normalized spacial score (nSPS) is 21.4. The number of carbonyl (C=O) groups is 1. The topological polar surface area (TPSA) is 62.5 Å². The molecule has 1 amide bonds. The van der Waals surface area contributed by atoms with Crippen LogP contribution in [0.25, 0.3) is 0 Å². The average Bonchev–Trinajstić information content (AvgIpc) is 2.56. The Kier molecular flexibility index (Phi) is 4.39. The minimum absolute atomic E-state index is 0.352. The van der Waals surface area contributed by atoms with Crippen molar-refractivity contribution in [3.05, 3.63) is 24.0 Å². The smallest absolute Gasteiger partial charge is 0.267 e. The number of primary amides is 1. The van der Waals surface area contributed by atoms with Crippen LogP contribution in [-0.4, -0.2) is 48.0 Å². The van der Waals surface area contributed by atoms with E-state index in [0.29, 0.717) is 5.69 Å². The maximum absolute atomic E-state index is 11.2. The summed E-state index contributed by atoms with van der Waals surface area (Å²) < 4.78 is 0. The Hall–Kier alpha value is -1.62. The molecule has 0 saturated carbocycles. The molecule has 1 aromatic heterocycles. The number of amides is 1. The number of nitrogens with two attached hydrogens (primary N) is 1. The van der Waals surface area contributed by atoms with E-state index >= 15 is 0 Å². The zero-order valence-corrected chi connectivity index (χ0v) is 12.5. The lowest BCUT2D eigenvalue weighted by atomic mass is 9.99. The highest BCUT2D eigenvalue weighted by atomic mass is 16.1. The minimum atomic E-state index is -0.458. The highest BCUT2D eigenvalue weighted by molar-refractivity contribution is 5.91. The maximum Gasteiger partial charge on any atom is 0.267 e. The number of piperidine rings is 2. The average molecular weight is 288 g/mol. The van der Waals surface area contributed by atoms with Gasteiger partial charge in [0.15, 0.2) is 0 Å². The van der Waals surface area contributed by atoms with Crippen molar-refractivity contribution in [2.75, 3.05) is 31.1 Å². The van der Waals surface area contributed by atoms with Crippen LogP contribution in [0, 0.1) is 0 Å². The van der Waals surface area contributed by atoms with E-state index in [9.17, 15) is 4.79 Å². The zero-order chi connectivity index (χ0) is 14.7. The summed E-state index contributed by atoms with van der Waals surface area (Å²) in [6.45, 7) is 4.63. The molecule has 0 unspecified atom stereocenters. The first kappa shape index (κ1) is 14.3. The Labute approximate surface area is 126 Å². The third kappa shape index (κ3) is 3.35. The fraction of sp³-hybridized carbons (Fsp3) is 0.625. The summed E-state index contributed by atoms with van der Waals surface area (Å²) in [5, 5.41) is 0. The van der Waals surface area contributed by atoms with E-state index in [2.05, 4.69) is 14.8 Å². The molecule has 0 bridgehead atoms. The quantitative estimate of drug-likeness (QED) is 0.918. The lowest BCUT2D eigenvalue weighted by Crippen LogP contribution is -2.46. The summed E-state index contributed by atoms with van der Waals surface area (Å²) >= 11 is 0. The first-order chi connectivity index (χ1) is 10.2. The molecule has 0 spiro atoms. The molecule has 0 aliphatic carbocycles. The van der Waals surface area contributed by atoms with Gasteiger partial charge in [-0.25, -0.2) is 0 Å². The highest BCUT2D eigenvalue weighted by Crippen LogP contribution is 2.24. The van der Waals surface area contributed by atoms with Crippen LogP contribution < -0.4 is 10.6 Å². The SMILES string of the molecule is NC(=O)c1cc(N2CCC(N3CCCCC3)CC2)ccn1. The second-order valence-corrected chi connectivity index (χ2v) is 6.08. The van der Waals surface area contributed by atoms with Gasteiger partial charge in [0.2, 0.25) is 0 Å². The molecule has 2 aliphatic heterocycles. The Morgan fingerprint density at radius 2 is 1.86 bits per heavy atom. The van der Waals surface area contributed by atoms with Crippen molar-refractivity contribution < 1.29 is 4.79 Å². The number of nitrogens with zero attached hydrogens (tertiary/aromatic N) is 3. The van der Waals surface area contributed by atoms with Crippen LogP contribution >= 0.6 is 0 Å². The molecule has 2 aliphatic rings. The molecule has 5 heteroatoms. The molecule has 3 heterocycles. The number of hydrogen-bond acceptors (Lipinski definition) is 4. The Bertz CT molecular complexity index is 491. The summed E-state index contributed by atoms with van der Waals surface area (Å²) in [5.74, 6) is -0.458. The van der Waals surface area contributed by atoms with Crippen LogP contribution in [0.3, 0.4) is 0 Å². The van der Waals surface area contributed by atoms with Crippen LogP contribution in [-0.2, 0) is 0 Å². The number of aromatic nitrogens is 1. The third-order valence-corrected chi connectivity index (χ3v) is 4.73. The zero-order valence-electron chi connectivity index (χ0n) is 12.5. The van der Waals surface area contributed by atoms with Gasteiger partial charge >= 0.3 is 0 Å². The van der Waals surface area contributed by atoms with Gasteiger partial charge in [-0.3, -0.25) is 9.78 Å². The van der Waals surface area contributed by atoms with E-state index < -0.39 is 5.91 Å². The van der Waals surface area contributed by atoms with Gasteiger partial charge < -0.3 is 15.5 Å². The molecule has 21 heavy (non-hydrogen) atoms. The van der Waals surface area contributed by atoms with E-state index in [1.165, 1.54) is 45.2 Å². The number of hydrogen-bond donors (Lipinski definition) is 1. The second kappa shape index (κ2) is 6.43. The summed E-state index contributed by atoms with van der Waals surface area (Å²) in [7, 11) is 0. The number of carbonyl (C=O) groups excluding carboxylic acids is 1. The predicted octanol–water partition coefficient (Wildman–Crippen LogP) is 1.64. The number of rotatable bonds is 3. The van der Waals surface area contributed by atoms with Crippen LogP contribution in [0.15, 0.2) is 18.3 Å². The predicted molar refractivity (Wildman–Crippen MR) is 83.4 cm³/mol. The molecule has 114 valence electrons. The van der Waals surface area contributed by atoms with Gasteiger partial charge in [0.05, 0.1) is 0 Å². The van der Waals surface area contributed by atoms with Crippen LogP contribution in [0.2, 0.25) is 0 Å². The summed E-state index contributed by atoms with van der Waals surface area (Å²) in [6.07, 6.45) is 8.18. The molecule has 5 nitrogen and oxygen atoms in total. The Morgan fingerprint density at radius 3 is 2.52 bits per heavy atom. The maximum atomic E-state index is 11.2. The van der Waals surface area contributed by atoms with Crippen LogP contribution in [0.1, 0.15) is 42.6 Å². The lowest BCUT2D eigenvalue weighted by molar-refractivity contribution is 0.0995. The van der Waals surface area contributed by atoms with Crippen molar-refractivity contribution in [3.63, 3.8) is 0 Å². The van der Waals surface area contributed by atoms with Gasteiger partial charge in [0.25, 0.3) is 5.91 Å². The van der Waals surface area contributed by atoms with Crippen LogP contribution in [0.4, 0.5) is 5.69 Å². The van der Waals surface area contributed by atoms with Crippen molar-refractivity contribution in [2.45, 2.75) is 38.1 Å². The van der Waals surface area contributed by atoms with Gasteiger partial charge in [-0.15, -0.1) is 0 Å². The number of anilines is 1. The summed E-state index contributed by atoms with van der Waals surface area (Å²) in [4.78, 5) is 20.3. The summed E-state index contributed by atoms with van der Waals surface area (Å²) in [6, 6.07) is 4.51. The van der Waals surface area contributed by atoms with E-state index in [0.717, 1.165) is 24.8 Å². The van der Waals surface area contributed by atoms with Gasteiger partial charge in [0.1, 0.15) is 5.69 Å². The van der Waals surface area contributed by atoms with Crippen molar-refractivity contribution in [3.8, 4) is 0 Å². The van der Waals surface area contributed by atoms with Gasteiger partial charge in [-0.05, 0) is 50.9 Å². The molecular formula is C16H24N4O. The monoisotopic (exact) mass is 288 g/mol. The third-order valence-electron chi connectivity index (χ3n) is 4.73. The molecule has 0 atom stereocenters. The number of likely N-dealkylation sites (tertiary alicyclic amines) is 1. The van der Waals surface area contributed by atoms with Gasteiger partial charge in [-0.2, -0.15) is 0 Å². The molecular weight excluding hydrogens is 264 g/mol. The molecule has 3 rings (SSSR count). The largest absolute Gasteiger partial charge is 0.371 e. The van der Waals surface area contributed by atoms with Crippen molar-refractivity contribution in [2.24, 2.45) is 5.73 Å². The number of pyridine rings is 1. The Morgan fingerprint density at radius 1 is 1.14 bits per heavy atom. The lowest BCUT2D eigenvalue weighted by Gasteiger charge is -2.41. The van der Waals surface area contributed by atoms with Crippen LogP contribution in [0.5, 0.6) is 0 Å². The fourth-order valence-corrected chi connectivity index (χ4v) is 3.52. The van der Waals surface area contributed by atoms with Crippen molar-refractivity contribution in [1.29, 1.82) is 0 Å². The first-order valence-electron chi connectivity index (χ1n) is 7.99. The molecule has 2 N–H and O–H groups in total. The fourth-order valence-electron chi connectivity index (χ4n) is 3.52. The summed E-state index contributed by atoms with van der Waals surface area (Å²) in [5.41, 5.74) is 6.72. The molecule has 1 aromatic rings. The molecule has 0 radical (unpaired) electrons. The molecule has 2 fully saturated rings. The molecule has 2 saturated heterocycles. The minimum Gasteiger partial charge on any atom is -0.371 e. The van der Waals surface area contributed by atoms with Gasteiger partial charge in [-0.1, -0.05) is 6.42 Å². The molecule has 0 aromatic carbocycles. The van der Waals surface area contributed by atoms with E-state index in [-0.39, 0.29) is 0 Å². The van der Waals surface area contributed by atoms with Crippen molar-refractivity contribution >= 4 is 11.6 Å². The van der Waals surface area contributed by atoms with E-state index in [4.69, 9.17) is 5.73 Å². The van der Waals surface area contributed by atoms with E-state index in [1.807, 2.05) is 12.1 Å². The van der Waals surface area contributed by atoms with E-state index in [1.54, 1.807) is 6.20 Å². The highest BCUT2D eigenvalue weighted by Gasteiger charge is 2.25. The first-order valence-corrected chi connectivity index (χ1v) is 7.99. The van der Waals surface area contributed by atoms with Gasteiger partial charge in [0, 0.05) is 31.0 Å². The standard InChI is InChI=1S/C16H24N4O/c17-16(21)15-12-14(4-7-18-15)20-10-5-13(6-11-20)19-8-2-1-3-9-19/h4,7,12-13H,1-3,5-6,8-11H2,(H2,17,21). The van der Waals surface area contributed by atoms with Crippen molar-refractivity contribution in [1.82, 2.24) is 9.88 Å². The second-order valence-electron chi connectivity index (χ2n) is 6.08. The Balaban J connectivity index is 1.60.